The highest BCUT2D eigenvalue weighted by molar-refractivity contribution is 5.45. The fourth-order valence-corrected chi connectivity index (χ4v) is 0.753. The summed E-state index contributed by atoms with van der Waals surface area (Å²) in [6.45, 7) is 1.96. The van der Waals surface area contributed by atoms with Crippen molar-refractivity contribution in [3.63, 3.8) is 0 Å². The number of aryl methyl sites for hydroxylation is 1. The Bertz CT molecular complexity index is 271. The van der Waals surface area contributed by atoms with E-state index >= 15 is 0 Å². The van der Waals surface area contributed by atoms with Crippen molar-refractivity contribution >= 4 is 6.47 Å². The van der Waals surface area contributed by atoms with E-state index in [1.54, 1.807) is 13.0 Å². The number of carbonyl (C=O) groups excluding carboxylic acids is 1. The summed E-state index contributed by atoms with van der Waals surface area (Å²) in [6, 6.07) is 4.39. The molecule has 11 heavy (non-hydrogen) atoms. The second-order valence-electron chi connectivity index (χ2n) is 2.15. The zero-order chi connectivity index (χ0) is 8.27. The highest BCUT2D eigenvalue weighted by Gasteiger charge is 2.01. The maximum absolute atomic E-state index is 12.8. The molecule has 0 atom stereocenters. The molecule has 0 spiro atoms. The molecular formula is C8H7FO2. The number of rotatable bonds is 2. The van der Waals surface area contributed by atoms with Gasteiger partial charge in [0.05, 0.1) is 0 Å². The smallest absolute Gasteiger partial charge is 0.298 e. The first-order valence-corrected chi connectivity index (χ1v) is 3.10. The second-order valence-corrected chi connectivity index (χ2v) is 2.15. The van der Waals surface area contributed by atoms with Crippen molar-refractivity contribution in [2.75, 3.05) is 0 Å². The molecule has 0 aliphatic rings. The number of carbonyl (C=O) groups is 1. The van der Waals surface area contributed by atoms with Gasteiger partial charge in [-0.15, -0.1) is 0 Å². The number of hydrogen-bond donors (Lipinski definition) is 0. The van der Waals surface area contributed by atoms with Gasteiger partial charge in [-0.1, -0.05) is 6.07 Å². The van der Waals surface area contributed by atoms with Crippen molar-refractivity contribution in [3.8, 4) is 5.75 Å². The Labute approximate surface area is 63.6 Å². The van der Waals surface area contributed by atoms with Gasteiger partial charge in [-0.05, 0) is 24.6 Å². The molecule has 2 nitrogen and oxygen atoms in total. The van der Waals surface area contributed by atoms with E-state index in [-0.39, 0.29) is 12.2 Å². The first kappa shape index (κ1) is 7.72. The highest BCUT2D eigenvalue weighted by atomic mass is 19.1. The molecule has 0 N–H and O–H groups in total. The molecule has 0 saturated heterocycles. The molecule has 0 fully saturated rings. The van der Waals surface area contributed by atoms with E-state index < -0.39 is 5.82 Å². The van der Waals surface area contributed by atoms with Gasteiger partial charge in [0.15, 0.2) is 11.6 Å². The molecule has 1 aromatic rings. The van der Waals surface area contributed by atoms with Gasteiger partial charge in [-0.25, -0.2) is 4.39 Å². The molecule has 0 bridgehead atoms. The first-order valence-electron chi connectivity index (χ1n) is 3.10. The fraction of sp³-hybridized carbons (Fsp3) is 0.125. The van der Waals surface area contributed by atoms with Crippen LogP contribution in [0.3, 0.4) is 0 Å². The number of hydrogen-bond acceptors (Lipinski definition) is 2. The summed E-state index contributed by atoms with van der Waals surface area (Å²) in [5.41, 5.74) is 0.792. The maximum Gasteiger partial charge on any atom is 0.298 e. The minimum absolute atomic E-state index is 0.0365. The van der Waals surface area contributed by atoms with Crippen LogP contribution in [0.4, 0.5) is 4.39 Å². The zero-order valence-corrected chi connectivity index (χ0v) is 6.00. The van der Waals surface area contributed by atoms with Crippen molar-refractivity contribution < 1.29 is 13.9 Å². The summed E-state index contributed by atoms with van der Waals surface area (Å²) in [4.78, 5) is 9.82. The van der Waals surface area contributed by atoms with Gasteiger partial charge < -0.3 is 4.74 Å². The van der Waals surface area contributed by atoms with E-state index in [1.807, 2.05) is 0 Å². The topological polar surface area (TPSA) is 26.3 Å². The van der Waals surface area contributed by atoms with E-state index in [1.165, 1.54) is 12.1 Å². The minimum Gasteiger partial charge on any atom is -0.426 e. The minimum atomic E-state index is -0.517. The lowest BCUT2D eigenvalue weighted by Gasteiger charge is -1.99. The van der Waals surface area contributed by atoms with Gasteiger partial charge in [-0.3, -0.25) is 4.79 Å². The van der Waals surface area contributed by atoms with Crippen molar-refractivity contribution in [2.45, 2.75) is 6.92 Å². The van der Waals surface area contributed by atoms with E-state index in [9.17, 15) is 9.18 Å². The normalized spacial score (nSPS) is 9.27. The highest BCUT2D eigenvalue weighted by Crippen LogP contribution is 2.16. The second kappa shape index (κ2) is 3.14. The summed E-state index contributed by atoms with van der Waals surface area (Å²) in [6.07, 6.45) is 0. The molecule has 0 radical (unpaired) electrons. The van der Waals surface area contributed by atoms with Crippen LogP contribution in [-0.4, -0.2) is 6.47 Å². The van der Waals surface area contributed by atoms with E-state index in [0.717, 1.165) is 5.56 Å². The Morgan fingerprint density at radius 2 is 2.27 bits per heavy atom. The van der Waals surface area contributed by atoms with E-state index in [0.29, 0.717) is 0 Å². The predicted molar refractivity (Wildman–Crippen MR) is 37.8 cm³/mol. The summed E-state index contributed by atoms with van der Waals surface area (Å²) in [7, 11) is 0. The first-order chi connectivity index (χ1) is 5.24. The summed E-state index contributed by atoms with van der Waals surface area (Å²) < 4.78 is 17.1. The van der Waals surface area contributed by atoms with Crippen LogP contribution in [0.15, 0.2) is 18.2 Å². The quantitative estimate of drug-likeness (QED) is 0.605. The Morgan fingerprint density at radius 1 is 1.55 bits per heavy atom. The molecule has 0 aliphatic carbocycles. The predicted octanol–water partition coefficient (Wildman–Crippen LogP) is 1.67. The average Bonchev–Trinajstić information content (AvgIpc) is 1.95. The molecule has 0 unspecified atom stereocenters. The monoisotopic (exact) mass is 154 g/mol. The van der Waals surface area contributed by atoms with Crippen LogP contribution in [0.5, 0.6) is 5.75 Å². The van der Waals surface area contributed by atoms with Crippen molar-refractivity contribution in [1.29, 1.82) is 0 Å². The van der Waals surface area contributed by atoms with Gasteiger partial charge >= 0.3 is 0 Å². The third-order valence-electron chi connectivity index (χ3n) is 1.26. The lowest BCUT2D eigenvalue weighted by atomic mass is 10.2. The number of benzene rings is 1. The fourth-order valence-electron chi connectivity index (χ4n) is 0.753. The number of halogens is 1. The van der Waals surface area contributed by atoms with Crippen LogP contribution in [0.25, 0.3) is 0 Å². The van der Waals surface area contributed by atoms with Gasteiger partial charge in [0, 0.05) is 0 Å². The van der Waals surface area contributed by atoms with Crippen LogP contribution >= 0.6 is 0 Å². The molecule has 0 saturated carbocycles. The largest absolute Gasteiger partial charge is 0.426 e. The van der Waals surface area contributed by atoms with Crippen molar-refractivity contribution in [2.24, 2.45) is 0 Å². The SMILES string of the molecule is Cc1ccc(OC=O)c(F)c1. The van der Waals surface area contributed by atoms with Crippen LogP contribution < -0.4 is 4.74 Å². The van der Waals surface area contributed by atoms with Gasteiger partial charge in [0.1, 0.15) is 0 Å². The Balaban J connectivity index is 2.98. The molecule has 0 aliphatic heterocycles. The van der Waals surface area contributed by atoms with Crippen LogP contribution in [0.2, 0.25) is 0 Å². The van der Waals surface area contributed by atoms with E-state index in [4.69, 9.17) is 0 Å². The third-order valence-corrected chi connectivity index (χ3v) is 1.26. The van der Waals surface area contributed by atoms with Crippen LogP contribution in [-0.2, 0) is 4.79 Å². The molecule has 3 heteroatoms. The summed E-state index contributed by atoms with van der Waals surface area (Å²) in [5, 5.41) is 0. The maximum atomic E-state index is 12.8. The lowest BCUT2D eigenvalue weighted by Crippen LogP contribution is -1.91. The molecule has 0 aromatic heterocycles. The average molecular weight is 154 g/mol. The third kappa shape index (κ3) is 1.77. The molecular weight excluding hydrogens is 147 g/mol. The van der Waals surface area contributed by atoms with Crippen LogP contribution in [0, 0.1) is 12.7 Å². The molecule has 0 heterocycles. The standard InChI is InChI=1S/C8H7FO2/c1-6-2-3-8(11-5-10)7(9)4-6/h2-5H,1H3. The summed E-state index contributed by atoms with van der Waals surface area (Å²) in [5.74, 6) is -0.553. The molecule has 1 rings (SSSR count). The zero-order valence-electron chi connectivity index (χ0n) is 6.00. The molecule has 0 amide bonds. The molecule has 58 valence electrons. The van der Waals surface area contributed by atoms with E-state index in [2.05, 4.69) is 4.74 Å². The van der Waals surface area contributed by atoms with Crippen molar-refractivity contribution in [1.82, 2.24) is 0 Å². The van der Waals surface area contributed by atoms with Crippen molar-refractivity contribution in [3.05, 3.63) is 29.6 Å². The van der Waals surface area contributed by atoms with Gasteiger partial charge in [0.25, 0.3) is 6.47 Å². The Kier molecular flexibility index (Phi) is 2.21. The number of ether oxygens (including phenoxy) is 1. The Morgan fingerprint density at radius 3 is 2.82 bits per heavy atom. The van der Waals surface area contributed by atoms with Gasteiger partial charge in [0.2, 0.25) is 0 Å². The lowest BCUT2D eigenvalue weighted by molar-refractivity contribution is -0.120. The van der Waals surface area contributed by atoms with Gasteiger partial charge in [-0.2, -0.15) is 0 Å². The Hall–Kier alpha value is -1.38. The van der Waals surface area contributed by atoms with Crippen LogP contribution in [0.1, 0.15) is 5.56 Å². The molecule has 1 aromatic carbocycles. The summed E-state index contributed by atoms with van der Waals surface area (Å²) >= 11 is 0.